The zero-order chi connectivity index (χ0) is 20.5. The minimum absolute atomic E-state index is 0.182. The molecule has 146 valence electrons. The Bertz CT molecular complexity index is 1280. The van der Waals surface area contributed by atoms with Gasteiger partial charge in [0.1, 0.15) is 0 Å². The molecule has 9 heteroatoms. The van der Waals surface area contributed by atoms with Gasteiger partial charge in [0.2, 0.25) is 5.91 Å². The van der Waals surface area contributed by atoms with Crippen LogP contribution in [0.1, 0.15) is 23.0 Å². The Morgan fingerprint density at radius 2 is 1.86 bits per heavy atom. The van der Waals surface area contributed by atoms with Crippen LogP contribution in [0.4, 0.5) is 10.8 Å². The molecule has 2 amide bonds. The fraction of sp³-hybridized carbons (Fsp3) is 0.100. The van der Waals surface area contributed by atoms with E-state index in [4.69, 9.17) is 0 Å². The molecule has 2 aromatic carbocycles. The number of imidazole rings is 1. The highest BCUT2D eigenvalue weighted by Gasteiger charge is 2.11. The summed E-state index contributed by atoms with van der Waals surface area (Å²) in [5.41, 5.74) is 3.08. The van der Waals surface area contributed by atoms with E-state index in [0.29, 0.717) is 22.1 Å². The first-order valence-electron chi connectivity index (χ1n) is 8.78. The summed E-state index contributed by atoms with van der Waals surface area (Å²) in [5, 5.41) is 6.03. The average Bonchev–Trinajstić information content (AvgIpc) is 3.23. The summed E-state index contributed by atoms with van der Waals surface area (Å²) in [5.74, 6) is -0.446. The normalized spacial score (nSPS) is 10.8. The lowest BCUT2D eigenvalue weighted by atomic mass is 10.2. The number of anilines is 2. The van der Waals surface area contributed by atoms with Crippen LogP contribution in [0.2, 0.25) is 0 Å². The van der Waals surface area contributed by atoms with Crippen LogP contribution in [0.15, 0.2) is 53.5 Å². The molecule has 3 N–H and O–H groups in total. The van der Waals surface area contributed by atoms with Crippen molar-refractivity contribution < 1.29 is 9.59 Å². The van der Waals surface area contributed by atoms with Gasteiger partial charge in [-0.2, -0.15) is 0 Å². The highest BCUT2D eigenvalue weighted by molar-refractivity contribution is 7.22. The highest BCUT2D eigenvalue weighted by atomic mass is 32.1. The van der Waals surface area contributed by atoms with Gasteiger partial charge in [-0.3, -0.25) is 14.2 Å². The van der Waals surface area contributed by atoms with E-state index in [-0.39, 0.29) is 17.5 Å². The van der Waals surface area contributed by atoms with E-state index in [9.17, 15) is 14.4 Å². The van der Waals surface area contributed by atoms with E-state index >= 15 is 0 Å². The van der Waals surface area contributed by atoms with Crippen LogP contribution in [-0.4, -0.2) is 26.3 Å². The van der Waals surface area contributed by atoms with Crippen LogP contribution in [0.5, 0.6) is 0 Å². The van der Waals surface area contributed by atoms with Crippen molar-refractivity contribution in [3.05, 3.63) is 70.4 Å². The summed E-state index contributed by atoms with van der Waals surface area (Å²) < 4.78 is 2.38. The molecule has 0 fully saturated rings. The van der Waals surface area contributed by atoms with Gasteiger partial charge in [0, 0.05) is 30.1 Å². The first-order chi connectivity index (χ1) is 13.9. The lowest BCUT2D eigenvalue weighted by Crippen LogP contribution is -2.16. The first kappa shape index (κ1) is 18.6. The van der Waals surface area contributed by atoms with E-state index in [2.05, 4.69) is 20.6 Å². The number of aromatic amines is 1. The van der Waals surface area contributed by atoms with Gasteiger partial charge in [0.05, 0.1) is 15.9 Å². The van der Waals surface area contributed by atoms with Crippen molar-refractivity contribution in [1.82, 2.24) is 14.5 Å². The number of benzene rings is 2. The number of fused-ring (bicyclic) bond motifs is 1. The van der Waals surface area contributed by atoms with Crippen molar-refractivity contribution in [2.75, 3.05) is 10.6 Å². The Hall–Kier alpha value is -3.72. The second-order valence-corrected chi connectivity index (χ2v) is 7.48. The minimum Gasteiger partial charge on any atom is -0.322 e. The van der Waals surface area contributed by atoms with Crippen molar-refractivity contribution in [3.63, 3.8) is 0 Å². The zero-order valence-corrected chi connectivity index (χ0v) is 16.5. The smallest absolute Gasteiger partial charge is 0.322 e. The second-order valence-electron chi connectivity index (χ2n) is 6.45. The maximum absolute atomic E-state index is 12.6. The first-order valence-corrected chi connectivity index (χ1v) is 9.59. The lowest BCUT2D eigenvalue weighted by Gasteiger charge is -2.07. The molecular formula is C20H17N5O3S. The lowest BCUT2D eigenvalue weighted by molar-refractivity contribution is -0.114. The molecule has 0 atom stereocenters. The Balaban J connectivity index is 1.53. The van der Waals surface area contributed by atoms with Gasteiger partial charge >= 0.3 is 5.69 Å². The Kier molecular flexibility index (Phi) is 4.73. The highest BCUT2D eigenvalue weighted by Crippen LogP contribution is 2.28. The Labute approximate surface area is 169 Å². The van der Waals surface area contributed by atoms with Gasteiger partial charge in [-0.1, -0.05) is 11.3 Å². The van der Waals surface area contributed by atoms with Crippen LogP contribution in [0.3, 0.4) is 0 Å². The van der Waals surface area contributed by atoms with Crippen molar-refractivity contribution >= 4 is 44.2 Å². The number of aromatic nitrogens is 3. The monoisotopic (exact) mass is 407 g/mol. The molecule has 0 saturated heterocycles. The number of carbonyl (C=O) groups excluding carboxylic acids is 2. The largest absolute Gasteiger partial charge is 0.330 e. The average molecular weight is 407 g/mol. The molecule has 2 heterocycles. The van der Waals surface area contributed by atoms with Gasteiger partial charge in [-0.05, 0) is 49.4 Å². The van der Waals surface area contributed by atoms with E-state index in [1.54, 1.807) is 42.6 Å². The van der Waals surface area contributed by atoms with Crippen LogP contribution >= 0.6 is 11.3 Å². The van der Waals surface area contributed by atoms with Crippen LogP contribution in [-0.2, 0) is 4.79 Å². The summed E-state index contributed by atoms with van der Waals surface area (Å²) in [4.78, 5) is 42.6. The molecule has 0 radical (unpaired) electrons. The third kappa shape index (κ3) is 3.81. The second kappa shape index (κ2) is 7.36. The number of thiazole rings is 1. The zero-order valence-electron chi connectivity index (χ0n) is 15.6. The standard InChI is InChI=1S/C20H17N5O3S/c1-11-10-21-20(28)25(11)15-6-3-13(4-7-15)18(27)23-14-5-8-16-17(9-14)29-19(24-16)22-12(2)26/h3-10H,1-2H3,(H,21,28)(H,23,27)(H,22,24,26). The van der Waals surface area contributed by atoms with Gasteiger partial charge in [-0.25, -0.2) is 9.78 Å². The summed E-state index contributed by atoms with van der Waals surface area (Å²) >= 11 is 1.34. The molecule has 0 spiro atoms. The molecule has 29 heavy (non-hydrogen) atoms. The van der Waals surface area contributed by atoms with Crippen molar-refractivity contribution in [2.45, 2.75) is 13.8 Å². The molecule has 0 unspecified atom stereocenters. The molecule has 4 aromatic rings. The number of hydrogen-bond acceptors (Lipinski definition) is 5. The summed E-state index contributed by atoms with van der Waals surface area (Å²) in [6, 6.07) is 12.2. The van der Waals surface area contributed by atoms with E-state index in [1.165, 1.54) is 22.8 Å². The topological polar surface area (TPSA) is 109 Å². The summed E-state index contributed by atoms with van der Waals surface area (Å²) in [6.07, 6.45) is 1.63. The Morgan fingerprint density at radius 1 is 1.10 bits per heavy atom. The predicted molar refractivity (Wildman–Crippen MR) is 113 cm³/mol. The van der Waals surface area contributed by atoms with Crippen LogP contribution in [0.25, 0.3) is 15.9 Å². The van der Waals surface area contributed by atoms with E-state index in [0.717, 1.165) is 15.9 Å². The fourth-order valence-corrected chi connectivity index (χ4v) is 3.90. The molecule has 0 saturated carbocycles. The molecule has 0 aliphatic rings. The Morgan fingerprint density at radius 3 is 2.52 bits per heavy atom. The molecule has 2 aromatic heterocycles. The molecule has 4 rings (SSSR count). The van der Waals surface area contributed by atoms with Crippen molar-refractivity contribution in [3.8, 4) is 5.69 Å². The number of carbonyl (C=O) groups is 2. The number of hydrogen-bond donors (Lipinski definition) is 3. The quantitative estimate of drug-likeness (QED) is 0.482. The maximum Gasteiger partial charge on any atom is 0.330 e. The molecular weight excluding hydrogens is 390 g/mol. The molecule has 0 aliphatic carbocycles. The number of rotatable bonds is 4. The number of H-pyrrole nitrogens is 1. The number of nitrogens with zero attached hydrogens (tertiary/aromatic N) is 2. The summed E-state index contributed by atoms with van der Waals surface area (Å²) in [6.45, 7) is 3.25. The predicted octanol–water partition coefficient (Wildman–Crippen LogP) is 3.29. The number of aryl methyl sites for hydroxylation is 1. The van der Waals surface area contributed by atoms with Crippen LogP contribution < -0.4 is 16.3 Å². The third-order valence-electron chi connectivity index (χ3n) is 4.28. The van der Waals surface area contributed by atoms with Crippen molar-refractivity contribution in [1.29, 1.82) is 0 Å². The number of amides is 2. The maximum atomic E-state index is 12.6. The van der Waals surface area contributed by atoms with E-state index in [1.807, 2.05) is 13.0 Å². The van der Waals surface area contributed by atoms with E-state index < -0.39 is 0 Å². The van der Waals surface area contributed by atoms with Crippen molar-refractivity contribution in [2.24, 2.45) is 0 Å². The number of nitrogens with one attached hydrogen (secondary N) is 3. The van der Waals surface area contributed by atoms with Gasteiger partial charge in [-0.15, -0.1) is 0 Å². The summed E-state index contributed by atoms with van der Waals surface area (Å²) in [7, 11) is 0. The minimum atomic E-state index is -0.263. The van der Waals surface area contributed by atoms with Gasteiger partial charge in [0.25, 0.3) is 5.91 Å². The molecule has 0 aliphatic heterocycles. The van der Waals surface area contributed by atoms with Gasteiger partial charge in [0.15, 0.2) is 5.13 Å². The third-order valence-corrected chi connectivity index (χ3v) is 5.21. The molecule has 0 bridgehead atoms. The fourth-order valence-electron chi connectivity index (χ4n) is 2.95. The van der Waals surface area contributed by atoms with Crippen LogP contribution in [0, 0.1) is 6.92 Å². The molecule has 8 nitrogen and oxygen atoms in total. The SMILES string of the molecule is CC(=O)Nc1nc2ccc(NC(=O)c3ccc(-n4c(C)c[nH]c4=O)cc3)cc2s1. The van der Waals surface area contributed by atoms with Gasteiger partial charge < -0.3 is 15.6 Å².